The number of likely N-dealkylation sites (N-methyl/N-ethyl adjacent to an activating group) is 1. The van der Waals surface area contributed by atoms with E-state index in [1.165, 1.54) is 11.1 Å². The molecule has 0 spiro atoms. The number of nitrogens with two attached hydrogens (primary N) is 1. The van der Waals surface area contributed by atoms with E-state index in [1.54, 1.807) is 19.5 Å². The summed E-state index contributed by atoms with van der Waals surface area (Å²) in [6.07, 6.45) is 8.03. The van der Waals surface area contributed by atoms with Gasteiger partial charge in [-0.05, 0) is 56.0 Å². The molecule has 1 unspecified atom stereocenters. The molecule has 2 aliphatic rings. The largest absolute Gasteiger partial charge is 0.495 e. The summed E-state index contributed by atoms with van der Waals surface area (Å²) in [5, 5.41) is 8.78. The van der Waals surface area contributed by atoms with E-state index < -0.39 is 0 Å². The quantitative estimate of drug-likeness (QED) is 0.634. The van der Waals surface area contributed by atoms with Crippen LogP contribution in [-0.2, 0) is 17.8 Å². The monoisotopic (exact) mass is 435 g/mol. The average Bonchev–Trinajstić information content (AvgIpc) is 3.22. The van der Waals surface area contributed by atoms with Crippen LogP contribution < -0.4 is 15.8 Å². The molecule has 3 N–H and O–H groups in total. The Balaban J connectivity index is 1.45. The summed E-state index contributed by atoms with van der Waals surface area (Å²) in [5.74, 6) is 0.935. The molecule has 9 heteroatoms. The molecular formula is C23H29N7O2. The molecule has 2 atom stereocenters. The van der Waals surface area contributed by atoms with Gasteiger partial charge >= 0.3 is 0 Å². The smallest absolute Gasteiger partial charge is 0.229 e. The molecule has 3 aromatic rings. The van der Waals surface area contributed by atoms with E-state index in [1.807, 2.05) is 4.68 Å². The zero-order chi connectivity index (χ0) is 22.2. The van der Waals surface area contributed by atoms with Crippen LogP contribution in [0, 0.1) is 5.92 Å². The molecule has 1 aromatic carbocycles. The van der Waals surface area contributed by atoms with Crippen molar-refractivity contribution in [3.8, 4) is 5.75 Å². The van der Waals surface area contributed by atoms with Crippen molar-refractivity contribution in [3.63, 3.8) is 0 Å². The van der Waals surface area contributed by atoms with Crippen LogP contribution in [0.3, 0.4) is 0 Å². The van der Waals surface area contributed by atoms with E-state index in [4.69, 9.17) is 15.5 Å². The van der Waals surface area contributed by atoms with Gasteiger partial charge in [-0.2, -0.15) is 10.1 Å². The van der Waals surface area contributed by atoms with Crippen LogP contribution in [0.2, 0.25) is 0 Å². The maximum atomic E-state index is 11.7. The number of aromatic nitrogens is 4. The lowest BCUT2D eigenvalue weighted by Crippen LogP contribution is -2.30. The number of hydrogen-bond donors (Lipinski definition) is 2. The van der Waals surface area contributed by atoms with Crippen molar-refractivity contribution in [2.24, 2.45) is 11.7 Å². The Bertz CT molecular complexity index is 1160. The van der Waals surface area contributed by atoms with Gasteiger partial charge < -0.3 is 20.7 Å². The van der Waals surface area contributed by atoms with Gasteiger partial charge in [-0.1, -0.05) is 6.42 Å². The normalized spacial score (nSPS) is 21.3. The molecule has 0 radical (unpaired) electrons. The lowest BCUT2D eigenvalue weighted by molar-refractivity contribution is -0.123. The maximum Gasteiger partial charge on any atom is 0.229 e. The first-order valence-corrected chi connectivity index (χ1v) is 11.2. The highest BCUT2D eigenvalue weighted by molar-refractivity contribution is 5.77. The number of primary amides is 1. The van der Waals surface area contributed by atoms with Gasteiger partial charge in [-0.3, -0.25) is 4.79 Å². The third kappa shape index (κ3) is 3.88. The summed E-state index contributed by atoms with van der Waals surface area (Å²) in [5.41, 5.74) is 9.78. The second-order valence-electron chi connectivity index (χ2n) is 8.92. The number of nitrogens with zero attached hydrogens (tertiary/aromatic N) is 5. The van der Waals surface area contributed by atoms with E-state index >= 15 is 0 Å². The van der Waals surface area contributed by atoms with Crippen LogP contribution >= 0.6 is 0 Å². The number of carbonyl (C=O) groups excluding carboxylic acids is 1. The van der Waals surface area contributed by atoms with Crippen molar-refractivity contribution in [1.82, 2.24) is 24.6 Å². The molecule has 5 rings (SSSR count). The number of anilines is 2. The molecule has 1 fully saturated rings. The number of amides is 1. The number of methoxy groups -OCH3 is 1. The summed E-state index contributed by atoms with van der Waals surface area (Å²) in [6, 6.07) is 4.35. The van der Waals surface area contributed by atoms with Crippen molar-refractivity contribution in [2.45, 2.75) is 44.7 Å². The molecule has 1 aliphatic heterocycles. The number of nitrogens with one attached hydrogen (secondary N) is 1. The molecule has 2 aromatic heterocycles. The van der Waals surface area contributed by atoms with E-state index in [9.17, 15) is 4.79 Å². The van der Waals surface area contributed by atoms with Gasteiger partial charge in [-0.25, -0.2) is 9.67 Å². The number of fused-ring (bicyclic) bond motifs is 2. The minimum Gasteiger partial charge on any atom is -0.495 e. The number of carbonyl (C=O) groups is 1. The summed E-state index contributed by atoms with van der Waals surface area (Å²) in [7, 11) is 3.81. The fourth-order valence-electron chi connectivity index (χ4n) is 4.92. The average molecular weight is 436 g/mol. The Morgan fingerprint density at radius 1 is 1.25 bits per heavy atom. The molecule has 1 aliphatic carbocycles. The molecule has 3 heterocycles. The van der Waals surface area contributed by atoms with Crippen LogP contribution in [-0.4, -0.2) is 51.3 Å². The topological polar surface area (TPSA) is 111 Å². The number of ether oxygens (including phenoxy) is 1. The second-order valence-corrected chi connectivity index (χ2v) is 8.92. The van der Waals surface area contributed by atoms with Gasteiger partial charge in [0.05, 0.1) is 30.4 Å². The van der Waals surface area contributed by atoms with Crippen LogP contribution in [0.25, 0.3) is 11.0 Å². The Labute approximate surface area is 187 Å². The highest BCUT2D eigenvalue weighted by atomic mass is 16.5. The predicted octanol–water partition coefficient (Wildman–Crippen LogP) is 2.78. The highest BCUT2D eigenvalue weighted by Gasteiger charge is 2.28. The number of rotatable bonds is 5. The molecule has 1 amide bonds. The molecule has 9 nitrogen and oxygen atoms in total. The van der Waals surface area contributed by atoms with Gasteiger partial charge in [-0.15, -0.1) is 0 Å². The van der Waals surface area contributed by atoms with Crippen molar-refractivity contribution in [3.05, 3.63) is 35.7 Å². The van der Waals surface area contributed by atoms with Crippen LogP contribution in [0.4, 0.5) is 11.6 Å². The minimum absolute atomic E-state index is 0.106. The summed E-state index contributed by atoms with van der Waals surface area (Å²) < 4.78 is 7.57. The molecule has 32 heavy (non-hydrogen) atoms. The van der Waals surface area contributed by atoms with Crippen LogP contribution in [0.5, 0.6) is 5.75 Å². The molecule has 168 valence electrons. The predicted molar refractivity (Wildman–Crippen MR) is 122 cm³/mol. The molecule has 0 bridgehead atoms. The van der Waals surface area contributed by atoms with Gasteiger partial charge in [0.25, 0.3) is 0 Å². The third-order valence-electron chi connectivity index (χ3n) is 6.70. The van der Waals surface area contributed by atoms with Crippen molar-refractivity contribution in [1.29, 1.82) is 0 Å². The summed E-state index contributed by atoms with van der Waals surface area (Å²) >= 11 is 0. The van der Waals surface area contributed by atoms with E-state index in [-0.39, 0.29) is 17.9 Å². The first kappa shape index (κ1) is 20.7. The fraction of sp³-hybridized carbons (Fsp3) is 0.478. The fourth-order valence-corrected chi connectivity index (χ4v) is 4.92. The Kier molecular flexibility index (Phi) is 5.42. The molecule has 0 saturated heterocycles. The standard InChI is InChI=1S/C23H29N7O2/c1-29-7-6-14-10-20(32-2)19(9-16(14)13-29)27-23-25-11-17-12-26-30(22(17)28-23)18-5-3-4-15(8-18)21(24)31/h9-12,15,18H,3-8,13H2,1-2H3,(H2,24,31)(H,25,27,28)/t15?,18-/m0/s1. The summed E-state index contributed by atoms with van der Waals surface area (Å²) in [4.78, 5) is 23.3. The van der Waals surface area contributed by atoms with Crippen molar-refractivity contribution >= 4 is 28.6 Å². The van der Waals surface area contributed by atoms with E-state index in [0.717, 1.165) is 61.2 Å². The van der Waals surface area contributed by atoms with Crippen molar-refractivity contribution in [2.75, 3.05) is 26.0 Å². The lowest BCUT2D eigenvalue weighted by Gasteiger charge is -2.27. The van der Waals surface area contributed by atoms with Gasteiger partial charge in [0.15, 0.2) is 5.65 Å². The third-order valence-corrected chi connectivity index (χ3v) is 6.70. The van der Waals surface area contributed by atoms with Gasteiger partial charge in [0.1, 0.15) is 5.75 Å². The SMILES string of the molecule is COc1cc2c(cc1Nc1ncc3cnn([C@H]4CCCC(C(N)=O)C4)c3n1)CN(C)CC2. The Hall–Kier alpha value is -3.20. The first-order valence-electron chi connectivity index (χ1n) is 11.2. The van der Waals surface area contributed by atoms with Crippen LogP contribution in [0.15, 0.2) is 24.5 Å². The summed E-state index contributed by atoms with van der Waals surface area (Å²) in [6.45, 7) is 1.95. The number of hydrogen-bond acceptors (Lipinski definition) is 7. The van der Waals surface area contributed by atoms with Gasteiger partial charge in [0.2, 0.25) is 11.9 Å². The van der Waals surface area contributed by atoms with E-state index in [2.05, 4.69) is 39.5 Å². The van der Waals surface area contributed by atoms with Gasteiger partial charge in [0, 0.05) is 25.2 Å². The number of benzene rings is 1. The van der Waals surface area contributed by atoms with Crippen LogP contribution in [0.1, 0.15) is 42.9 Å². The zero-order valence-electron chi connectivity index (χ0n) is 18.5. The maximum absolute atomic E-state index is 11.7. The first-order chi connectivity index (χ1) is 15.5. The second kappa shape index (κ2) is 8.38. The van der Waals surface area contributed by atoms with E-state index in [0.29, 0.717) is 12.4 Å². The highest BCUT2D eigenvalue weighted by Crippen LogP contribution is 2.35. The van der Waals surface area contributed by atoms with Crippen molar-refractivity contribution < 1.29 is 9.53 Å². The lowest BCUT2D eigenvalue weighted by atomic mass is 9.85. The molecular weight excluding hydrogens is 406 g/mol. The Morgan fingerprint density at radius 2 is 2.12 bits per heavy atom. The molecule has 1 saturated carbocycles. The Morgan fingerprint density at radius 3 is 2.94 bits per heavy atom. The zero-order valence-corrected chi connectivity index (χ0v) is 18.5. The minimum atomic E-state index is -0.228.